The SMILES string of the molecule is CCN(CC)C(=O)C(C)(C)c1ccc(NN)c(Br)c1. The molecule has 0 aromatic heterocycles. The van der Waals surface area contributed by atoms with Crippen molar-refractivity contribution in [2.45, 2.75) is 33.1 Å². The van der Waals surface area contributed by atoms with E-state index in [-0.39, 0.29) is 5.91 Å². The van der Waals surface area contributed by atoms with Gasteiger partial charge < -0.3 is 10.3 Å². The molecule has 4 nitrogen and oxygen atoms in total. The Bertz CT molecular complexity index is 456. The molecule has 0 aliphatic rings. The van der Waals surface area contributed by atoms with Gasteiger partial charge in [0.1, 0.15) is 0 Å². The van der Waals surface area contributed by atoms with Crippen LogP contribution >= 0.6 is 15.9 Å². The second kappa shape index (κ2) is 6.39. The molecule has 0 saturated heterocycles. The zero-order valence-corrected chi connectivity index (χ0v) is 13.5. The van der Waals surface area contributed by atoms with Crippen LogP contribution in [-0.2, 0) is 10.2 Å². The number of hydrogen-bond donors (Lipinski definition) is 2. The molecule has 1 aromatic rings. The number of halogens is 1. The van der Waals surface area contributed by atoms with E-state index in [0.717, 1.165) is 28.8 Å². The highest BCUT2D eigenvalue weighted by Crippen LogP contribution is 2.31. The third kappa shape index (κ3) is 3.28. The lowest BCUT2D eigenvalue weighted by Gasteiger charge is -2.31. The van der Waals surface area contributed by atoms with E-state index in [2.05, 4.69) is 21.4 Å². The summed E-state index contributed by atoms with van der Waals surface area (Å²) in [6.07, 6.45) is 0. The summed E-state index contributed by atoms with van der Waals surface area (Å²) in [6, 6.07) is 5.74. The average molecular weight is 328 g/mol. The van der Waals surface area contributed by atoms with E-state index in [9.17, 15) is 4.79 Å². The van der Waals surface area contributed by atoms with Gasteiger partial charge in [0.05, 0.1) is 11.1 Å². The number of carbonyl (C=O) groups is 1. The third-order valence-corrected chi connectivity index (χ3v) is 4.09. The van der Waals surface area contributed by atoms with Gasteiger partial charge >= 0.3 is 0 Å². The van der Waals surface area contributed by atoms with Gasteiger partial charge in [-0.05, 0) is 61.3 Å². The highest BCUT2D eigenvalue weighted by molar-refractivity contribution is 9.10. The van der Waals surface area contributed by atoms with E-state index in [1.165, 1.54) is 0 Å². The second-order valence-electron chi connectivity index (χ2n) is 4.94. The van der Waals surface area contributed by atoms with Crippen LogP contribution in [0.3, 0.4) is 0 Å². The second-order valence-corrected chi connectivity index (χ2v) is 5.80. The summed E-state index contributed by atoms with van der Waals surface area (Å²) in [5.41, 5.74) is 3.82. The number of nitrogens with one attached hydrogen (secondary N) is 1. The largest absolute Gasteiger partial charge is 0.343 e. The Morgan fingerprint density at radius 1 is 1.37 bits per heavy atom. The highest BCUT2D eigenvalue weighted by Gasteiger charge is 2.33. The molecule has 0 saturated carbocycles. The fourth-order valence-corrected chi connectivity index (χ4v) is 2.54. The van der Waals surface area contributed by atoms with Gasteiger partial charge in [0.2, 0.25) is 5.91 Å². The molecule has 0 spiro atoms. The smallest absolute Gasteiger partial charge is 0.232 e. The van der Waals surface area contributed by atoms with Crippen molar-refractivity contribution < 1.29 is 4.79 Å². The number of carbonyl (C=O) groups excluding carboxylic acids is 1. The van der Waals surface area contributed by atoms with Crippen LogP contribution in [0.2, 0.25) is 0 Å². The number of hydrazine groups is 1. The molecule has 19 heavy (non-hydrogen) atoms. The molecule has 106 valence electrons. The Morgan fingerprint density at radius 2 is 1.95 bits per heavy atom. The van der Waals surface area contributed by atoms with Crippen LogP contribution in [-0.4, -0.2) is 23.9 Å². The Labute approximate surface area is 123 Å². The molecule has 0 unspecified atom stereocenters. The monoisotopic (exact) mass is 327 g/mol. The molecular formula is C14H22BrN3O. The molecule has 1 aromatic carbocycles. The van der Waals surface area contributed by atoms with Gasteiger partial charge in [0.15, 0.2) is 0 Å². The minimum atomic E-state index is -0.554. The van der Waals surface area contributed by atoms with Gasteiger partial charge in [-0.3, -0.25) is 10.6 Å². The summed E-state index contributed by atoms with van der Waals surface area (Å²) < 4.78 is 0.855. The summed E-state index contributed by atoms with van der Waals surface area (Å²) in [7, 11) is 0. The summed E-state index contributed by atoms with van der Waals surface area (Å²) >= 11 is 3.45. The maximum Gasteiger partial charge on any atom is 0.232 e. The van der Waals surface area contributed by atoms with Crippen LogP contribution in [0.1, 0.15) is 33.3 Å². The van der Waals surface area contributed by atoms with Crippen LogP contribution < -0.4 is 11.3 Å². The average Bonchev–Trinajstić information content (AvgIpc) is 2.39. The lowest BCUT2D eigenvalue weighted by Crippen LogP contribution is -2.43. The number of nitrogens with zero attached hydrogens (tertiary/aromatic N) is 1. The Hall–Kier alpha value is -1.07. The van der Waals surface area contributed by atoms with Gasteiger partial charge in [0, 0.05) is 17.6 Å². The molecule has 0 bridgehead atoms. The maximum atomic E-state index is 12.6. The van der Waals surface area contributed by atoms with E-state index in [1.807, 2.05) is 50.8 Å². The number of rotatable bonds is 5. The summed E-state index contributed by atoms with van der Waals surface area (Å²) in [5.74, 6) is 5.54. The normalized spacial score (nSPS) is 11.3. The fraction of sp³-hybridized carbons (Fsp3) is 0.500. The van der Waals surface area contributed by atoms with Crippen LogP contribution in [0.4, 0.5) is 5.69 Å². The summed E-state index contributed by atoms with van der Waals surface area (Å²) in [5, 5.41) is 0. The van der Waals surface area contributed by atoms with E-state index in [4.69, 9.17) is 5.84 Å². The van der Waals surface area contributed by atoms with Gasteiger partial charge in [-0.15, -0.1) is 0 Å². The molecular weight excluding hydrogens is 306 g/mol. The van der Waals surface area contributed by atoms with Crippen molar-refractivity contribution in [3.63, 3.8) is 0 Å². The predicted octanol–water partition coefficient (Wildman–Crippen LogP) is 2.88. The standard InChI is InChI=1S/C14H22BrN3O/c1-5-18(6-2)13(19)14(3,4)10-7-8-12(17-16)11(15)9-10/h7-9,17H,5-6,16H2,1-4H3. The first-order valence-corrected chi connectivity index (χ1v) is 7.23. The van der Waals surface area contributed by atoms with Gasteiger partial charge in [-0.25, -0.2) is 0 Å². The number of likely N-dealkylation sites (N-methyl/N-ethyl adjacent to an activating group) is 1. The van der Waals surface area contributed by atoms with E-state index >= 15 is 0 Å². The van der Waals surface area contributed by atoms with Crippen molar-refractivity contribution in [3.8, 4) is 0 Å². The van der Waals surface area contributed by atoms with Crippen molar-refractivity contribution in [2.24, 2.45) is 5.84 Å². The molecule has 0 radical (unpaired) electrons. The minimum Gasteiger partial charge on any atom is -0.343 e. The Balaban J connectivity index is 3.12. The first-order chi connectivity index (χ1) is 8.88. The molecule has 1 rings (SSSR count). The van der Waals surface area contributed by atoms with Crippen molar-refractivity contribution in [1.82, 2.24) is 4.90 Å². The first kappa shape index (κ1) is 16.0. The van der Waals surface area contributed by atoms with Crippen molar-refractivity contribution in [2.75, 3.05) is 18.5 Å². The maximum absolute atomic E-state index is 12.6. The molecule has 0 heterocycles. The minimum absolute atomic E-state index is 0.137. The number of benzene rings is 1. The van der Waals surface area contributed by atoms with Gasteiger partial charge in [0.25, 0.3) is 0 Å². The quantitative estimate of drug-likeness (QED) is 0.645. The zero-order chi connectivity index (χ0) is 14.6. The number of anilines is 1. The molecule has 5 heteroatoms. The Morgan fingerprint density at radius 3 is 2.37 bits per heavy atom. The van der Waals surface area contributed by atoms with Crippen molar-refractivity contribution in [3.05, 3.63) is 28.2 Å². The molecule has 3 N–H and O–H groups in total. The molecule has 0 aliphatic carbocycles. The van der Waals surface area contributed by atoms with Crippen LogP contribution in [0, 0.1) is 0 Å². The molecule has 0 atom stereocenters. The van der Waals surface area contributed by atoms with Crippen LogP contribution in [0.5, 0.6) is 0 Å². The highest BCUT2D eigenvalue weighted by atomic mass is 79.9. The lowest BCUT2D eigenvalue weighted by molar-refractivity contribution is -0.135. The number of amides is 1. The van der Waals surface area contributed by atoms with E-state index in [0.29, 0.717) is 0 Å². The van der Waals surface area contributed by atoms with Crippen molar-refractivity contribution >= 4 is 27.5 Å². The predicted molar refractivity (Wildman–Crippen MR) is 82.9 cm³/mol. The number of hydrogen-bond acceptors (Lipinski definition) is 3. The molecule has 1 amide bonds. The topological polar surface area (TPSA) is 58.4 Å². The number of nitrogen functional groups attached to an aromatic ring is 1. The zero-order valence-electron chi connectivity index (χ0n) is 12.0. The fourth-order valence-electron chi connectivity index (χ4n) is 2.05. The van der Waals surface area contributed by atoms with E-state index < -0.39 is 5.41 Å². The van der Waals surface area contributed by atoms with Crippen molar-refractivity contribution in [1.29, 1.82) is 0 Å². The van der Waals surface area contributed by atoms with Gasteiger partial charge in [-0.2, -0.15) is 0 Å². The summed E-state index contributed by atoms with van der Waals surface area (Å²) in [4.78, 5) is 14.4. The third-order valence-electron chi connectivity index (χ3n) is 3.43. The van der Waals surface area contributed by atoms with Crippen LogP contribution in [0.25, 0.3) is 0 Å². The lowest BCUT2D eigenvalue weighted by atomic mass is 9.83. The Kier molecular flexibility index (Phi) is 5.38. The molecule has 0 aliphatic heterocycles. The first-order valence-electron chi connectivity index (χ1n) is 6.44. The number of nitrogens with two attached hydrogens (primary N) is 1. The molecule has 0 fully saturated rings. The summed E-state index contributed by atoms with van der Waals surface area (Å²) in [6.45, 7) is 9.34. The van der Waals surface area contributed by atoms with E-state index in [1.54, 1.807) is 0 Å². The van der Waals surface area contributed by atoms with Gasteiger partial charge in [-0.1, -0.05) is 6.07 Å². The van der Waals surface area contributed by atoms with Crippen LogP contribution in [0.15, 0.2) is 22.7 Å².